The number of amides is 1. The molecule has 7 heteroatoms. The van der Waals surface area contributed by atoms with Gasteiger partial charge in [0.15, 0.2) is 12.6 Å². The van der Waals surface area contributed by atoms with Gasteiger partial charge in [0.2, 0.25) is 0 Å². The van der Waals surface area contributed by atoms with Gasteiger partial charge in [0.1, 0.15) is 5.75 Å². The van der Waals surface area contributed by atoms with E-state index in [0.29, 0.717) is 12.3 Å². The third-order valence-corrected chi connectivity index (χ3v) is 4.60. The van der Waals surface area contributed by atoms with Crippen LogP contribution in [-0.2, 0) is 11.3 Å². The molecule has 0 saturated carbocycles. The van der Waals surface area contributed by atoms with Gasteiger partial charge in [-0.05, 0) is 35.3 Å². The van der Waals surface area contributed by atoms with Crippen LogP contribution in [0, 0.1) is 0 Å². The van der Waals surface area contributed by atoms with Gasteiger partial charge in [0.25, 0.3) is 5.91 Å². The molecule has 0 aromatic heterocycles. The second-order valence-electron chi connectivity index (χ2n) is 6.59. The minimum Gasteiger partial charge on any atom is -0.484 e. The number of nitrogens with zero attached hydrogens (tertiary/aromatic N) is 2. The summed E-state index contributed by atoms with van der Waals surface area (Å²) >= 11 is 0. The highest BCUT2D eigenvalue weighted by molar-refractivity contribution is 14.0. The van der Waals surface area contributed by atoms with E-state index in [1.165, 1.54) is 11.1 Å². The molecule has 1 aliphatic rings. The highest BCUT2D eigenvalue weighted by Crippen LogP contribution is 2.22. The van der Waals surface area contributed by atoms with E-state index in [1.54, 1.807) is 7.05 Å². The molecule has 3 rings (SSSR count). The molecule has 6 nitrogen and oxygen atoms in total. The van der Waals surface area contributed by atoms with Gasteiger partial charge in [-0.3, -0.25) is 9.79 Å². The maximum atomic E-state index is 10.9. The molecule has 0 atom stereocenters. The predicted molar refractivity (Wildman–Crippen MR) is 127 cm³/mol. The Morgan fingerprint density at radius 3 is 2.66 bits per heavy atom. The quantitative estimate of drug-likeness (QED) is 0.359. The fourth-order valence-corrected chi connectivity index (χ4v) is 3.19. The molecule has 0 saturated heterocycles. The third kappa shape index (κ3) is 6.77. The smallest absolute Gasteiger partial charge is 0.255 e. The molecule has 29 heavy (non-hydrogen) atoms. The van der Waals surface area contributed by atoms with Crippen LogP contribution in [0.1, 0.15) is 17.5 Å². The van der Waals surface area contributed by atoms with Crippen molar-refractivity contribution in [3.8, 4) is 5.75 Å². The summed E-state index contributed by atoms with van der Waals surface area (Å²) in [6.07, 6.45) is 3.26. The molecule has 0 spiro atoms. The lowest BCUT2D eigenvalue weighted by molar-refractivity contribution is -0.119. The van der Waals surface area contributed by atoms with Crippen LogP contribution in [-0.4, -0.2) is 43.5 Å². The lowest BCUT2D eigenvalue weighted by Gasteiger charge is -2.30. The van der Waals surface area contributed by atoms with Crippen molar-refractivity contribution < 1.29 is 9.53 Å². The number of nitrogens with one attached hydrogen (secondary N) is 1. The number of hydrogen-bond acceptors (Lipinski definition) is 3. The van der Waals surface area contributed by atoms with Gasteiger partial charge in [-0.1, -0.05) is 48.5 Å². The van der Waals surface area contributed by atoms with E-state index in [2.05, 4.69) is 45.6 Å². The van der Waals surface area contributed by atoms with E-state index < -0.39 is 5.91 Å². The first-order valence-electron chi connectivity index (χ1n) is 9.36. The van der Waals surface area contributed by atoms with E-state index >= 15 is 0 Å². The number of primary amides is 1. The van der Waals surface area contributed by atoms with Crippen LogP contribution in [0.5, 0.6) is 5.75 Å². The van der Waals surface area contributed by atoms with Gasteiger partial charge >= 0.3 is 0 Å². The van der Waals surface area contributed by atoms with Gasteiger partial charge in [-0.2, -0.15) is 0 Å². The van der Waals surface area contributed by atoms with E-state index in [1.807, 2.05) is 30.3 Å². The lowest BCUT2D eigenvalue weighted by atomic mass is 10.00. The summed E-state index contributed by atoms with van der Waals surface area (Å²) in [6, 6.07) is 18.1. The number of benzene rings is 2. The predicted octanol–water partition coefficient (Wildman–Crippen LogP) is 3.03. The molecule has 2 aromatic rings. The molecule has 154 valence electrons. The maximum Gasteiger partial charge on any atom is 0.255 e. The van der Waals surface area contributed by atoms with Crippen molar-refractivity contribution in [1.29, 1.82) is 0 Å². The molecule has 1 amide bonds. The second kappa shape index (κ2) is 11.5. The summed E-state index contributed by atoms with van der Waals surface area (Å²) in [5, 5.41) is 3.40. The second-order valence-corrected chi connectivity index (χ2v) is 6.59. The number of rotatable bonds is 6. The Kier molecular flexibility index (Phi) is 8.98. The highest BCUT2D eigenvalue weighted by Gasteiger charge is 2.16. The first kappa shape index (κ1) is 22.7. The van der Waals surface area contributed by atoms with Crippen LogP contribution in [0.4, 0.5) is 0 Å². The van der Waals surface area contributed by atoms with E-state index in [9.17, 15) is 4.79 Å². The Morgan fingerprint density at radius 1 is 1.21 bits per heavy atom. The van der Waals surface area contributed by atoms with Gasteiger partial charge < -0.3 is 20.7 Å². The largest absolute Gasteiger partial charge is 0.484 e. The third-order valence-electron chi connectivity index (χ3n) is 4.60. The van der Waals surface area contributed by atoms with Gasteiger partial charge in [-0.15, -0.1) is 24.0 Å². The van der Waals surface area contributed by atoms with Gasteiger partial charge in [0, 0.05) is 26.7 Å². The summed E-state index contributed by atoms with van der Waals surface area (Å²) in [7, 11) is 1.80. The Balaban J connectivity index is 0.00000300. The van der Waals surface area contributed by atoms with Crippen LogP contribution >= 0.6 is 24.0 Å². The number of ether oxygens (including phenoxy) is 1. The highest BCUT2D eigenvalue weighted by atomic mass is 127. The van der Waals surface area contributed by atoms with Crippen molar-refractivity contribution >= 4 is 41.4 Å². The summed E-state index contributed by atoms with van der Waals surface area (Å²) in [5.41, 5.74) is 8.84. The van der Waals surface area contributed by atoms with Crippen molar-refractivity contribution in [2.75, 3.05) is 26.7 Å². The normalized spacial score (nSPS) is 13.9. The van der Waals surface area contributed by atoms with Crippen molar-refractivity contribution in [1.82, 2.24) is 10.2 Å². The maximum absolute atomic E-state index is 10.9. The molecule has 2 aromatic carbocycles. The SMILES string of the molecule is CN=C(NCc1cccc(OCC(N)=O)c1)N1CC=C(c2ccccc2)CC1.I. The average molecular weight is 506 g/mol. The van der Waals surface area contributed by atoms with Gasteiger partial charge in [-0.25, -0.2) is 0 Å². The number of carbonyl (C=O) groups excluding carboxylic acids is 1. The van der Waals surface area contributed by atoms with Crippen molar-refractivity contribution in [3.63, 3.8) is 0 Å². The Morgan fingerprint density at radius 2 is 2.00 bits per heavy atom. The summed E-state index contributed by atoms with van der Waals surface area (Å²) in [6.45, 7) is 2.24. The topological polar surface area (TPSA) is 80.0 Å². The van der Waals surface area contributed by atoms with Crippen LogP contribution < -0.4 is 15.8 Å². The fourth-order valence-electron chi connectivity index (χ4n) is 3.19. The van der Waals surface area contributed by atoms with E-state index in [0.717, 1.165) is 31.0 Å². The zero-order valence-corrected chi connectivity index (χ0v) is 18.8. The minimum atomic E-state index is -0.489. The Labute approximate surface area is 188 Å². The molecule has 1 heterocycles. The van der Waals surface area contributed by atoms with E-state index in [4.69, 9.17) is 10.5 Å². The van der Waals surface area contributed by atoms with Crippen LogP contribution in [0.15, 0.2) is 65.7 Å². The summed E-state index contributed by atoms with van der Waals surface area (Å²) in [5.74, 6) is 1.00. The Bertz CT molecular complexity index is 868. The first-order chi connectivity index (χ1) is 13.7. The first-order valence-corrected chi connectivity index (χ1v) is 9.36. The summed E-state index contributed by atoms with van der Waals surface area (Å²) in [4.78, 5) is 17.5. The lowest BCUT2D eigenvalue weighted by Crippen LogP contribution is -2.43. The number of guanidine groups is 1. The molecule has 0 aliphatic carbocycles. The van der Waals surface area contributed by atoms with Crippen molar-refractivity contribution in [2.24, 2.45) is 10.7 Å². The zero-order valence-electron chi connectivity index (χ0n) is 16.5. The molecular weight excluding hydrogens is 479 g/mol. The van der Waals surface area contributed by atoms with Crippen molar-refractivity contribution in [2.45, 2.75) is 13.0 Å². The van der Waals surface area contributed by atoms with Gasteiger partial charge in [0.05, 0.1) is 0 Å². The minimum absolute atomic E-state index is 0. The van der Waals surface area contributed by atoms with Crippen LogP contribution in [0.2, 0.25) is 0 Å². The molecule has 1 aliphatic heterocycles. The molecule has 3 N–H and O–H groups in total. The number of aliphatic imine (C=N–C) groups is 1. The molecule has 0 fully saturated rings. The van der Waals surface area contributed by atoms with Crippen LogP contribution in [0.25, 0.3) is 5.57 Å². The number of hydrogen-bond donors (Lipinski definition) is 2. The van der Waals surface area contributed by atoms with Crippen LogP contribution in [0.3, 0.4) is 0 Å². The van der Waals surface area contributed by atoms with E-state index in [-0.39, 0.29) is 30.6 Å². The fraction of sp³-hybridized carbons (Fsp3) is 0.273. The Hall–Kier alpha value is -2.55. The number of nitrogens with two attached hydrogens (primary N) is 1. The zero-order chi connectivity index (χ0) is 19.8. The number of halogens is 1. The standard InChI is InChI=1S/C22H26N4O2.HI/c1-24-22(25-15-17-6-5-9-20(14-17)28-16-21(23)27)26-12-10-19(11-13-26)18-7-3-2-4-8-18;/h2-10,14H,11-13,15-16H2,1H3,(H2,23,27)(H,24,25);1H. The van der Waals surface area contributed by atoms with Crippen molar-refractivity contribution in [3.05, 3.63) is 71.8 Å². The summed E-state index contributed by atoms with van der Waals surface area (Å²) < 4.78 is 5.36. The molecule has 0 radical (unpaired) electrons. The monoisotopic (exact) mass is 506 g/mol. The average Bonchev–Trinajstić information content (AvgIpc) is 2.74. The molecule has 0 bridgehead atoms. The number of carbonyl (C=O) groups is 1. The molecular formula is C22H27IN4O2. The molecule has 0 unspecified atom stereocenters.